The van der Waals surface area contributed by atoms with E-state index in [-0.39, 0.29) is 25.2 Å². The molecule has 0 aromatic heterocycles. The summed E-state index contributed by atoms with van der Waals surface area (Å²) >= 11 is 0. The van der Waals surface area contributed by atoms with Gasteiger partial charge in [0.2, 0.25) is 0 Å². The van der Waals surface area contributed by atoms with Gasteiger partial charge in [-0.3, -0.25) is 14.4 Å². The molecule has 1 aromatic rings. The molecular weight excluding hydrogens is 272 g/mol. The van der Waals surface area contributed by atoms with E-state index in [1.807, 2.05) is 6.07 Å². The first-order valence-electron chi connectivity index (χ1n) is 7.05. The maximum absolute atomic E-state index is 11.7. The highest BCUT2D eigenvalue weighted by molar-refractivity contribution is 5.97. The van der Waals surface area contributed by atoms with Gasteiger partial charge >= 0.3 is 11.9 Å². The summed E-state index contributed by atoms with van der Waals surface area (Å²) in [7, 11) is 0. The van der Waals surface area contributed by atoms with Crippen molar-refractivity contribution in [2.45, 2.75) is 38.5 Å². The van der Waals surface area contributed by atoms with Gasteiger partial charge in [-0.15, -0.1) is 0 Å². The first-order valence-corrected chi connectivity index (χ1v) is 7.05. The molecule has 0 amide bonds. The summed E-state index contributed by atoms with van der Waals surface area (Å²) in [5, 5.41) is 8.47. The summed E-state index contributed by atoms with van der Waals surface area (Å²) in [4.78, 5) is 33.4. The fourth-order valence-electron chi connectivity index (χ4n) is 1.82. The number of unbranched alkanes of at least 4 members (excludes halogenated alkanes) is 3. The van der Waals surface area contributed by atoms with Crippen LogP contribution >= 0.6 is 0 Å². The Morgan fingerprint density at radius 1 is 0.905 bits per heavy atom. The van der Waals surface area contributed by atoms with Gasteiger partial charge in [-0.25, -0.2) is 0 Å². The molecule has 0 saturated heterocycles. The summed E-state index contributed by atoms with van der Waals surface area (Å²) in [5.41, 5.74) is 0.527. The highest BCUT2D eigenvalue weighted by Crippen LogP contribution is 2.07. The van der Waals surface area contributed by atoms with Crippen LogP contribution in [0, 0.1) is 0 Å². The number of ether oxygens (including phenoxy) is 1. The SMILES string of the molecule is O=C(O)CCCCCCC(=O)OCC(=O)c1ccccc1. The molecule has 0 unspecified atom stereocenters. The summed E-state index contributed by atoms with van der Waals surface area (Å²) in [5.74, 6) is -1.41. The maximum Gasteiger partial charge on any atom is 0.306 e. The van der Waals surface area contributed by atoms with Gasteiger partial charge < -0.3 is 9.84 Å². The molecule has 5 nitrogen and oxygen atoms in total. The lowest BCUT2D eigenvalue weighted by Gasteiger charge is -2.04. The van der Waals surface area contributed by atoms with Gasteiger partial charge in [-0.2, -0.15) is 0 Å². The minimum absolute atomic E-state index is 0.163. The Morgan fingerprint density at radius 2 is 1.52 bits per heavy atom. The number of carboxylic acids is 1. The van der Waals surface area contributed by atoms with Crippen LogP contribution in [0.15, 0.2) is 30.3 Å². The van der Waals surface area contributed by atoms with Gasteiger partial charge in [0.25, 0.3) is 0 Å². The third-order valence-electron chi connectivity index (χ3n) is 2.98. The number of rotatable bonds is 10. The molecule has 0 aliphatic carbocycles. The lowest BCUT2D eigenvalue weighted by molar-refractivity contribution is -0.142. The van der Waals surface area contributed by atoms with Crippen LogP contribution in [0.5, 0.6) is 0 Å². The zero-order valence-electron chi connectivity index (χ0n) is 11.9. The summed E-state index contributed by atoms with van der Waals surface area (Å²) in [6.45, 7) is -0.234. The fourth-order valence-corrected chi connectivity index (χ4v) is 1.82. The Labute approximate surface area is 123 Å². The molecule has 0 aliphatic rings. The summed E-state index contributed by atoms with van der Waals surface area (Å²) in [6.07, 6.45) is 3.26. The van der Waals surface area contributed by atoms with Gasteiger partial charge in [0, 0.05) is 18.4 Å². The predicted octanol–water partition coefficient (Wildman–Crippen LogP) is 2.84. The largest absolute Gasteiger partial charge is 0.481 e. The van der Waals surface area contributed by atoms with E-state index < -0.39 is 11.9 Å². The zero-order valence-corrected chi connectivity index (χ0v) is 11.9. The molecule has 0 atom stereocenters. The van der Waals surface area contributed by atoms with Crippen molar-refractivity contribution in [1.29, 1.82) is 0 Å². The molecule has 1 rings (SSSR count). The highest BCUT2D eigenvalue weighted by atomic mass is 16.5. The van der Waals surface area contributed by atoms with E-state index >= 15 is 0 Å². The molecule has 0 heterocycles. The summed E-state index contributed by atoms with van der Waals surface area (Å²) < 4.78 is 4.92. The smallest absolute Gasteiger partial charge is 0.306 e. The molecule has 0 aliphatic heterocycles. The molecule has 114 valence electrons. The third-order valence-corrected chi connectivity index (χ3v) is 2.98. The van der Waals surface area contributed by atoms with Crippen molar-refractivity contribution in [3.05, 3.63) is 35.9 Å². The van der Waals surface area contributed by atoms with Gasteiger partial charge in [-0.05, 0) is 12.8 Å². The van der Waals surface area contributed by atoms with E-state index in [1.165, 1.54) is 0 Å². The Balaban J connectivity index is 2.09. The van der Waals surface area contributed by atoms with Crippen LogP contribution in [-0.4, -0.2) is 29.4 Å². The van der Waals surface area contributed by atoms with E-state index in [4.69, 9.17) is 9.84 Å². The van der Waals surface area contributed by atoms with Crippen molar-refractivity contribution in [2.75, 3.05) is 6.61 Å². The molecule has 0 fully saturated rings. The Morgan fingerprint density at radius 3 is 2.14 bits per heavy atom. The number of hydrogen-bond acceptors (Lipinski definition) is 4. The van der Waals surface area contributed by atoms with Gasteiger partial charge in [0.15, 0.2) is 12.4 Å². The van der Waals surface area contributed by atoms with E-state index in [1.54, 1.807) is 24.3 Å². The molecule has 0 bridgehead atoms. The number of hydrogen-bond donors (Lipinski definition) is 1. The number of Topliss-reactive ketones (excluding diaryl/α,β-unsaturated/α-hetero) is 1. The van der Waals surface area contributed by atoms with Crippen molar-refractivity contribution in [1.82, 2.24) is 0 Å². The van der Waals surface area contributed by atoms with E-state index in [0.717, 1.165) is 12.8 Å². The Kier molecular flexibility index (Phi) is 7.79. The highest BCUT2D eigenvalue weighted by Gasteiger charge is 2.09. The lowest BCUT2D eigenvalue weighted by Crippen LogP contribution is -2.13. The second kappa shape index (κ2) is 9.69. The molecule has 0 spiro atoms. The van der Waals surface area contributed by atoms with Crippen LogP contribution in [0.3, 0.4) is 0 Å². The molecule has 0 radical (unpaired) electrons. The standard InChI is InChI=1S/C16H20O5/c17-14(13-8-4-3-5-9-13)12-21-16(20)11-7-2-1-6-10-15(18)19/h3-5,8-9H,1-2,6-7,10-12H2,(H,18,19). The zero-order chi connectivity index (χ0) is 15.5. The van der Waals surface area contributed by atoms with Crippen LogP contribution in [0.2, 0.25) is 0 Å². The average molecular weight is 292 g/mol. The molecular formula is C16H20O5. The van der Waals surface area contributed by atoms with Crippen molar-refractivity contribution in [3.8, 4) is 0 Å². The number of carboxylic acid groups (broad SMARTS) is 1. The number of carbonyl (C=O) groups is 3. The molecule has 5 heteroatoms. The van der Waals surface area contributed by atoms with Crippen LogP contribution in [0.25, 0.3) is 0 Å². The van der Waals surface area contributed by atoms with Crippen LogP contribution in [0.1, 0.15) is 48.9 Å². The number of ketones is 1. The van der Waals surface area contributed by atoms with Crippen molar-refractivity contribution < 1.29 is 24.2 Å². The molecule has 1 N–H and O–H groups in total. The number of aliphatic carboxylic acids is 1. The Hall–Kier alpha value is -2.17. The van der Waals surface area contributed by atoms with Crippen molar-refractivity contribution in [3.63, 3.8) is 0 Å². The second-order valence-electron chi connectivity index (χ2n) is 4.76. The topological polar surface area (TPSA) is 80.7 Å². The first kappa shape index (κ1) is 16.9. The average Bonchev–Trinajstić information content (AvgIpc) is 2.49. The van der Waals surface area contributed by atoms with Crippen LogP contribution in [-0.2, 0) is 14.3 Å². The monoisotopic (exact) mass is 292 g/mol. The number of esters is 1. The van der Waals surface area contributed by atoms with Crippen LogP contribution < -0.4 is 0 Å². The first-order chi connectivity index (χ1) is 10.1. The normalized spacial score (nSPS) is 10.1. The molecule has 1 aromatic carbocycles. The van der Waals surface area contributed by atoms with Gasteiger partial charge in [0.05, 0.1) is 0 Å². The minimum Gasteiger partial charge on any atom is -0.481 e. The molecule has 0 saturated carbocycles. The van der Waals surface area contributed by atoms with E-state index in [2.05, 4.69) is 0 Å². The lowest BCUT2D eigenvalue weighted by atomic mass is 10.1. The van der Waals surface area contributed by atoms with Crippen molar-refractivity contribution >= 4 is 17.7 Å². The predicted molar refractivity (Wildman–Crippen MR) is 77.1 cm³/mol. The second-order valence-corrected chi connectivity index (χ2v) is 4.76. The number of benzene rings is 1. The number of carbonyl (C=O) groups excluding carboxylic acids is 2. The molecule has 21 heavy (non-hydrogen) atoms. The van der Waals surface area contributed by atoms with E-state index in [0.29, 0.717) is 18.4 Å². The van der Waals surface area contributed by atoms with Crippen LogP contribution in [0.4, 0.5) is 0 Å². The third kappa shape index (κ3) is 7.87. The summed E-state index contributed by atoms with van der Waals surface area (Å²) in [6, 6.07) is 8.68. The van der Waals surface area contributed by atoms with Gasteiger partial charge in [0.1, 0.15) is 0 Å². The maximum atomic E-state index is 11.7. The minimum atomic E-state index is -0.797. The Bertz CT molecular complexity index is 467. The fraction of sp³-hybridized carbons (Fsp3) is 0.438. The quantitative estimate of drug-likeness (QED) is 0.407. The van der Waals surface area contributed by atoms with E-state index in [9.17, 15) is 14.4 Å². The van der Waals surface area contributed by atoms with Gasteiger partial charge in [-0.1, -0.05) is 43.2 Å². The van der Waals surface area contributed by atoms with Crippen molar-refractivity contribution in [2.24, 2.45) is 0 Å².